The number of hydrogen-bond acceptors (Lipinski definition) is 4. The minimum atomic E-state index is -1.12. The van der Waals surface area contributed by atoms with Crippen molar-refractivity contribution in [3.63, 3.8) is 0 Å². The lowest BCUT2D eigenvalue weighted by Crippen LogP contribution is -2.36. The number of hydrogen-bond donors (Lipinski definition) is 2. The summed E-state index contributed by atoms with van der Waals surface area (Å²) in [7, 11) is 0. The van der Waals surface area contributed by atoms with E-state index >= 15 is 0 Å². The Morgan fingerprint density at radius 1 is 1.50 bits per heavy atom. The van der Waals surface area contributed by atoms with Crippen LogP contribution in [-0.2, 0) is 4.74 Å². The van der Waals surface area contributed by atoms with Crippen molar-refractivity contribution in [1.29, 1.82) is 0 Å². The van der Waals surface area contributed by atoms with Crippen molar-refractivity contribution in [3.05, 3.63) is 29.6 Å². The largest absolute Gasteiger partial charge is 0.477 e. The number of carboxylic acids is 1. The number of nitrogens with one attached hydrogen (secondary N) is 1. The summed E-state index contributed by atoms with van der Waals surface area (Å²) in [6, 6.07) is 2.61. The second-order valence-corrected chi connectivity index (χ2v) is 3.77. The summed E-state index contributed by atoms with van der Waals surface area (Å²) in [4.78, 5) is 26.0. The third-order valence-corrected chi connectivity index (χ3v) is 2.19. The average Bonchev–Trinajstić information content (AvgIpc) is 2.36. The molecule has 1 heterocycles. The minimum absolute atomic E-state index is 0.0890. The van der Waals surface area contributed by atoms with E-state index < -0.39 is 5.97 Å². The van der Waals surface area contributed by atoms with Gasteiger partial charge in [0, 0.05) is 18.8 Å². The molecule has 6 nitrogen and oxygen atoms in total. The molecule has 0 saturated carbocycles. The molecule has 0 aliphatic heterocycles. The van der Waals surface area contributed by atoms with E-state index in [9.17, 15) is 9.59 Å². The van der Waals surface area contributed by atoms with Gasteiger partial charge in [0.25, 0.3) is 5.91 Å². The molecule has 1 aromatic rings. The predicted molar refractivity (Wildman–Crippen MR) is 64.6 cm³/mol. The van der Waals surface area contributed by atoms with Gasteiger partial charge in [0.1, 0.15) is 5.69 Å². The molecule has 6 heteroatoms. The summed E-state index contributed by atoms with van der Waals surface area (Å²) in [6.45, 7) is 4.73. The summed E-state index contributed by atoms with van der Waals surface area (Å²) in [5.41, 5.74) is 0.234. The van der Waals surface area contributed by atoms with Crippen molar-refractivity contribution in [1.82, 2.24) is 10.3 Å². The van der Waals surface area contributed by atoms with E-state index in [2.05, 4.69) is 10.3 Å². The number of carbonyl (C=O) groups is 2. The molecule has 1 rings (SSSR count). The lowest BCUT2D eigenvalue weighted by Gasteiger charge is -2.13. The standard InChI is InChI=1S/C12H16N2O4/c1-3-18-7-8(2)14-11(15)9-4-5-10(12(16)17)13-6-9/h4-6,8H,3,7H2,1-2H3,(H,14,15)(H,16,17). The molecule has 1 atom stereocenters. The number of ether oxygens (including phenoxy) is 1. The maximum Gasteiger partial charge on any atom is 0.354 e. The molecule has 0 saturated heterocycles. The van der Waals surface area contributed by atoms with Gasteiger partial charge < -0.3 is 15.2 Å². The van der Waals surface area contributed by atoms with E-state index in [1.165, 1.54) is 18.3 Å². The molecule has 0 aliphatic rings. The highest BCUT2D eigenvalue weighted by Gasteiger charge is 2.11. The van der Waals surface area contributed by atoms with E-state index in [1.807, 2.05) is 13.8 Å². The van der Waals surface area contributed by atoms with Gasteiger partial charge in [-0.05, 0) is 26.0 Å². The SMILES string of the molecule is CCOCC(C)NC(=O)c1ccc(C(=O)O)nc1. The summed E-state index contributed by atoms with van der Waals surface area (Å²) in [5.74, 6) is -1.42. The predicted octanol–water partition coefficient (Wildman–Crippen LogP) is 0.935. The van der Waals surface area contributed by atoms with Gasteiger partial charge in [-0.25, -0.2) is 9.78 Å². The van der Waals surface area contributed by atoms with Crippen LogP contribution in [0.4, 0.5) is 0 Å². The Labute approximate surface area is 105 Å². The zero-order chi connectivity index (χ0) is 13.5. The second-order valence-electron chi connectivity index (χ2n) is 3.77. The van der Waals surface area contributed by atoms with Crippen molar-refractivity contribution in [2.24, 2.45) is 0 Å². The van der Waals surface area contributed by atoms with Gasteiger partial charge in [-0.1, -0.05) is 0 Å². The third-order valence-electron chi connectivity index (χ3n) is 2.19. The Kier molecular flexibility index (Phi) is 5.26. The quantitative estimate of drug-likeness (QED) is 0.786. The molecule has 18 heavy (non-hydrogen) atoms. The minimum Gasteiger partial charge on any atom is -0.477 e. The maximum absolute atomic E-state index is 11.7. The Morgan fingerprint density at radius 3 is 2.72 bits per heavy atom. The Hall–Kier alpha value is -1.95. The average molecular weight is 252 g/mol. The van der Waals surface area contributed by atoms with Gasteiger partial charge >= 0.3 is 5.97 Å². The van der Waals surface area contributed by atoms with Crippen LogP contribution in [0, 0.1) is 0 Å². The van der Waals surface area contributed by atoms with Crippen LogP contribution in [0.25, 0.3) is 0 Å². The Morgan fingerprint density at radius 2 is 2.22 bits per heavy atom. The van der Waals surface area contributed by atoms with Gasteiger partial charge in [-0.15, -0.1) is 0 Å². The smallest absolute Gasteiger partial charge is 0.354 e. The topological polar surface area (TPSA) is 88.5 Å². The van der Waals surface area contributed by atoms with Crippen LogP contribution in [0.3, 0.4) is 0 Å². The number of nitrogens with zero attached hydrogens (tertiary/aromatic N) is 1. The van der Waals surface area contributed by atoms with Crippen LogP contribution in [0.2, 0.25) is 0 Å². The molecule has 0 bridgehead atoms. The molecular weight excluding hydrogens is 236 g/mol. The molecule has 0 aromatic carbocycles. The molecular formula is C12H16N2O4. The summed E-state index contributed by atoms with van der Waals surface area (Å²) >= 11 is 0. The van der Waals surface area contributed by atoms with Crippen LogP contribution in [0.5, 0.6) is 0 Å². The Balaban J connectivity index is 2.58. The monoisotopic (exact) mass is 252 g/mol. The van der Waals surface area contributed by atoms with Gasteiger partial charge in [-0.2, -0.15) is 0 Å². The zero-order valence-corrected chi connectivity index (χ0v) is 10.3. The number of aromatic nitrogens is 1. The van der Waals surface area contributed by atoms with Gasteiger partial charge in [0.2, 0.25) is 0 Å². The van der Waals surface area contributed by atoms with E-state index in [0.29, 0.717) is 18.8 Å². The fourth-order valence-corrected chi connectivity index (χ4v) is 1.30. The molecule has 1 amide bonds. The van der Waals surface area contributed by atoms with Crippen molar-refractivity contribution in [3.8, 4) is 0 Å². The first-order valence-corrected chi connectivity index (χ1v) is 5.62. The van der Waals surface area contributed by atoms with Crippen LogP contribution in [0.1, 0.15) is 34.7 Å². The molecule has 2 N–H and O–H groups in total. The highest BCUT2D eigenvalue weighted by Crippen LogP contribution is 2.01. The van der Waals surface area contributed by atoms with Crippen molar-refractivity contribution < 1.29 is 19.4 Å². The molecule has 0 fully saturated rings. The van der Waals surface area contributed by atoms with Gasteiger partial charge in [0.15, 0.2) is 0 Å². The highest BCUT2D eigenvalue weighted by atomic mass is 16.5. The number of aromatic carboxylic acids is 1. The van der Waals surface area contributed by atoms with E-state index in [0.717, 1.165) is 0 Å². The highest BCUT2D eigenvalue weighted by molar-refractivity contribution is 5.95. The fraction of sp³-hybridized carbons (Fsp3) is 0.417. The maximum atomic E-state index is 11.7. The van der Waals surface area contributed by atoms with Crippen LogP contribution in [0.15, 0.2) is 18.3 Å². The van der Waals surface area contributed by atoms with E-state index in [4.69, 9.17) is 9.84 Å². The zero-order valence-electron chi connectivity index (χ0n) is 10.3. The third kappa shape index (κ3) is 4.14. The Bertz CT molecular complexity index is 417. The van der Waals surface area contributed by atoms with Crippen molar-refractivity contribution >= 4 is 11.9 Å². The molecule has 0 aliphatic carbocycles. The first-order chi connectivity index (χ1) is 8.54. The van der Waals surface area contributed by atoms with Crippen molar-refractivity contribution in [2.75, 3.05) is 13.2 Å². The fourth-order valence-electron chi connectivity index (χ4n) is 1.30. The van der Waals surface area contributed by atoms with Crippen molar-refractivity contribution in [2.45, 2.75) is 19.9 Å². The summed E-state index contributed by atoms with van der Waals surface area (Å²) in [6.07, 6.45) is 1.24. The van der Waals surface area contributed by atoms with Gasteiger partial charge in [0.05, 0.1) is 12.2 Å². The summed E-state index contributed by atoms with van der Waals surface area (Å²) in [5, 5.41) is 11.4. The lowest BCUT2D eigenvalue weighted by molar-refractivity contribution is 0.0689. The van der Waals surface area contributed by atoms with E-state index in [1.54, 1.807) is 0 Å². The molecule has 98 valence electrons. The summed E-state index contributed by atoms with van der Waals surface area (Å²) < 4.78 is 5.17. The van der Waals surface area contributed by atoms with Crippen LogP contribution < -0.4 is 5.32 Å². The van der Waals surface area contributed by atoms with Crippen LogP contribution in [-0.4, -0.2) is 41.2 Å². The number of carbonyl (C=O) groups excluding carboxylic acids is 1. The normalized spacial score (nSPS) is 11.9. The number of amides is 1. The molecule has 0 radical (unpaired) electrons. The first-order valence-electron chi connectivity index (χ1n) is 5.62. The van der Waals surface area contributed by atoms with Gasteiger partial charge in [-0.3, -0.25) is 4.79 Å². The molecule has 1 unspecified atom stereocenters. The molecule has 0 spiro atoms. The number of rotatable bonds is 6. The second kappa shape index (κ2) is 6.70. The van der Waals surface area contributed by atoms with Crippen LogP contribution >= 0.6 is 0 Å². The first kappa shape index (κ1) is 14.1. The lowest BCUT2D eigenvalue weighted by atomic mass is 10.2. The number of pyridine rings is 1. The number of carboxylic acid groups (broad SMARTS) is 1. The molecule has 1 aromatic heterocycles. The van der Waals surface area contributed by atoms with E-state index in [-0.39, 0.29) is 17.6 Å².